The van der Waals surface area contributed by atoms with E-state index in [1.54, 1.807) is 23.6 Å². The average molecular weight is 812 g/mol. The molecule has 5 atom stereocenters. The molecular weight excluding hydrogens is 769 g/mol. The first kappa shape index (κ1) is 39.8. The third kappa shape index (κ3) is 7.07. The van der Waals surface area contributed by atoms with Crippen molar-refractivity contribution in [3.05, 3.63) is 28.0 Å². The molecule has 2 bridgehead atoms. The molecule has 2 N–H and O–H groups in total. The third-order valence-corrected chi connectivity index (χ3v) is 11.5. The van der Waals surface area contributed by atoms with Gasteiger partial charge >= 0.3 is 24.2 Å². The Morgan fingerprint density at radius 2 is 1.79 bits per heavy atom. The van der Waals surface area contributed by atoms with Crippen LogP contribution in [0.25, 0.3) is 22.2 Å². The fourth-order valence-electron chi connectivity index (χ4n) is 8.71. The van der Waals surface area contributed by atoms with Crippen LogP contribution >= 0.6 is 11.6 Å². The number of halogens is 6. The van der Waals surface area contributed by atoms with Gasteiger partial charge in [-0.2, -0.15) is 23.1 Å². The molecule has 0 saturated carbocycles. The second kappa shape index (κ2) is 14.8. The van der Waals surface area contributed by atoms with E-state index in [1.807, 2.05) is 4.90 Å². The summed E-state index contributed by atoms with van der Waals surface area (Å²) in [5.41, 5.74) is 1.69. The molecule has 3 aromatic rings. The van der Waals surface area contributed by atoms with E-state index in [0.717, 1.165) is 12.5 Å². The number of rotatable bonds is 9. The topological polar surface area (TPSA) is 145 Å². The van der Waals surface area contributed by atoms with E-state index < -0.39 is 87.4 Å². The summed E-state index contributed by atoms with van der Waals surface area (Å²) in [6.45, 7) is 7.19. The van der Waals surface area contributed by atoms with Gasteiger partial charge in [0.15, 0.2) is 11.6 Å². The number of pyridine rings is 1. The van der Waals surface area contributed by atoms with Crippen LogP contribution in [-0.4, -0.2) is 107 Å². The molecule has 56 heavy (non-hydrogen) atoms. The third-order valence-electron chi connectivity index (χ3n) is 11.1. The molecule has 4 saturated heterocycles. The number of piperazine rings is 1. The number of alkyl halides is 4. The van der Waals surface area contributed by atoms with Crippen LogP contribution in [0.15, 0.2) is 6.07 Å². The number of amides is 1. The van der Waals surface area contributed by atoms with Gasteiger partial charge in [-0.3, -0.25) is 14.6 Å². The van der Waals surface area contributed by atoms with Crippen molar-refractivity contribution < 1.29 is 50.5 Å². The van der Waals surface area contributed by atoms with Crippen LogP contribution in [0.1, 0.15) is 64.0 Å². The number of carbonyl (C=O) groups excluding carboxylic acids is 2. The quantitative estimate of drug-likeness (QED) is 0.140. The smallest absolute Gasteiger partial charge is 0.418 e. The van der Waals surface area contributed by atoms with Gasteiger partial charge in [0, 0.05) is 33.0 Å². The summed E-state index contributed by atoms with van der Waals surface area (Å²) in [4.78, 5) is 43.9. The number of anilines is 2. The molecule has 4 aliphatic rings. The molecule has 4 fully saturated rings. The molecule has 0 aliphatic carbocycles. The second-order valence-corrected chi connectivity index (χ2v) is 15.7. The van der Waals surface area contributed by atoms with Gasteiger partial charge in [0.25, 0.3) is 0 Å². The average Bonchev–Trinajstić information content (AvgIpc) is 3.73. The van der Waals surface area contributed by atoms with Crippen LogP contribution in [-0.2, 0) is 20.4 Å². The van der Waals surface area contributed by atoms with E-state index in [2.05, 4.69) is 9.97 Å². The number of nitrogen functional groups attached to an aromatic ring is 1. The van der Waals surface area contributed by atoms with Gasteiger partial charge < -0.3 is 29.6 Å². The summed E-state index contributed by atoms with van der Waals surface area (Å²) in [5, 5.41) is -0.565. The SMILES string of the molecule is COc1c(Cl)c(-c2nc(N)cc(C)c2C(F)(F)F)c(F)c2nc(OC[C@@]34CCCN3C[C@H](F)C4)nc(N3CC4CCC(C3)N4C(=O)OC(C)OC(=O)C(C)C)c12. The Kier molecular flexibility index (Phi) is 10.5. The number of aryl methyl sites for hydroxylation is 1. The maximum absolute atomic E-state index is 17.2. The number of benzene rings is 1. The molecule has 2 aromatic heterocycles. The highest BCUT2D eigenvalue weighted by Gasteiger charge is 2.50. The minimum absolute atomic E-state index is 0.0177. The maximum Gasteiger partial charge on any atom is 0.418 e. The maximum atomic E-state index is 17.2. The number of methoxy groups -OCH3 is 1. The van der Waals surface area contributed by atoms with Crippen molar-refractivity contribution in [3.63, 3.8) is 0 Å². The molecule has 13 nitrogen and oxygen atoms in total. The van der Waals surface area contributed by atoms with E-state index in [9.17, 15) is 27.2 Å². The molecule has 3 unspecified atom stereocenters. The zero-order valence-electron chi connectivity index (χ0n) is 31.5. The lowest BCUT2D eigenvalue weighted by molar-refractivity contribution is -0.170. The van der Waals surface area contributed by atoms with Crippen molar-refractivity contribution in [1.29, 1.82) is 0 Å². The van der Waals surface area contributed by atoms with E-state index in [1.165, 1.54) is 21.0 Å². The molecule has 0 radical (unpaired) electrons. The summed E-state index contributed by atoms with van der Waals surface area (Å²) < 4.78 is 98.1. The van der Waals surface area contributed by atoms with Crippen molar-refractivity contribution in [2.75, 3.05) is 50.5 Å². The normalized spacial score (nSPS) is 24.2. The molecule has 7 rings (SSSR count). The van der Waals surface area contributed by atoms with Crippen LogP contribution in [0.3, 0.4) is 0 Å². The summed E-state index contributed by atoms with van der Waals surface area (Å²) in [6, 6.07) is -0.113. The predicted octanol–water partition coefficient (Wildman–Crippen LogP) is 6.69. The van der Waals surface area contributed by atoms with Crippen molar-refractivity contribution in [2.24, 2.45) is 5.92 Å². The molecule has 6 heterocycles. The van der Waals surface area contributed by atoms with Gasteiger partial charge in [0.2, 0.25) is 6.29 Å². The lowest BCUT2D eigenvalue weighted by Crippen LogP contribution is -2.56. The van der Waals surface area contributed by atoms with Gasteiger partial charge in [-0.05, 0) is 50.8 Å². The van der Waals surface area contributed by atoms with Crippen molar-refractivity contribution >= 4 is 46.2 Å². The summed E-state index contributed by atoms with van der Waals surface area (Å²) in [7, 11) is 1.23. The first-order valence-corrected chi connectivity index (χ1v) is 18.9. The Hall–Kier alpha value is -4.45. The minimum atomic E-state index is -4.97. The number of hydrogen-bond donors (Lipinski definition) is 1. The molecule has 1 aromatic carbocycles. The number of nitrogens with two attached hydrogens (primary N) is 1. The van der Waals surface area contributed by atoms with E-state index in [-0.39, 0.29) is 67.0 Å². The molecule has 0 spiro atoms. The van der Waals surface area contributed by atoms with Gasteiger partial charge in [0.1, 0.15) is 29.9 Å². The Morgan fingerprint density at radius 3 is 2.43 bits per heavy atom. The van der Waals surface area contributed by atoms with Crippen molar-refractivity contribution in [2.45, 2.75) is 96.1 Å². The highest BCUT2D eigenvalue weighted by atomic mass is 35.5. The van der Waals surface area contributed by atoms with Crippen LogP contribution in [0.2, 0.25) is 5.02 Å². The highest BCUT2D eigenvalue weighted by Crippen LogP contribution is 2.50. The molecule has 304 valence electrons. The van der Waals surface area contributed by atoms with E-state index in [0.29, 0.717) is 25.8 Å². The largest absolute Gasteiger partial charge is 0.494 e. The molecular formula is C37H43ClF5N7O6. The monoisotopic (exact) mass is 811 g/mol. The summed E-state index contributed by atoms with van der Waals surface area (Å²) in [6.07, 6.45) is -4.98. The van der Waals surface area contributed by atoms with E-state index >= 15 is 4.39 Å². The van der Waals surface area contributed by atoms with Crippen LogP contribution in [0, 0.1) is 18.7 Å². The Bertz CT molecular complexity index is 2050. The molecule has 1 amide bonds. The number of ether oxygens (including phenoxy) is 4. The van der Waals surface area contributed by atoms with Crippen molar-refractivity contribution in [1.82, 2.24) is 24.8 Å². The lowest BCUT2D eigenvalue weighted by Gasteiger charge is -2.41. The number of aromatic nitrogens is 3. The standard InChI is InChI=1S/C37H43ClF5N7O6/c1-17(2)33(51)55-19(4)56-35(52)50-21-7-8-22(50)15-48(14-21)32-25-30(46-34(47-32)54-16-36-9-6-10-49(36)13-20(39)12-36)28(40)24(27(38)31(25)53-5)29-26(37(41,42)43)18(3)11-23(44)45-29/h11,17,19-22H,6-10,12-16H2,1-5H3,(H2,44,45)/t19?,20-,21?,22?,36+/m1/s1. The van der Waals surface area contributed by atoms with Gasteiger partial charge in [-0.25, -0.2) is 18.6 Å². The van der Waals surface area contributed by atoms with Crippen LogP contribution in [0.4, 0.5) is 38.4 Å². The predicted molar refractivity (Wildman–Crippen MR) is 195 cm³/mol. The van der Waals surface area contributed by atoms with Crippen LogP contribution < -0.4 is 20.1 Å². The van der Waals surface area contributed by atoms with E-state index in [4.69, 9.17) is 41.3 Å². The second-order valence-electron chi connectivity index (χ2n) is 15.3. The lowest BCUT2D eigenvalue weighted by atomic mass is 9.95. The Labute approximate surface area is 324 Å². The van der Waals surface area contributed by atoms with Crippen LogP contribution in [0.5, 0.6) is 11.8 Å². The number of esters is 1. The first-order valence-electron chi connectivity index (χ1n) is 18.5. The molecule has 19 heteroatoms. The minimum Gasteiger partial charge on any atom is -0.494 e. The summed E-state index contributed by atoms with van der Waals surface area (Å²) in [5.74, 6) is -2.61. The zero-order chi connectivity index (χ0) is 40.4. The number of fused-ring (bicyclic) bond motifs is 4. The number of hydrogen-bond acceptors (Lipinski definition) is 12. The Morgan fingerprint density at radius 1 is 1.09 bits per heavy atom. The fourth-order valence-corrected chi connectivity index (χ4v) is 9.06. The van der Waals surface area contributed by atoms with Gasteiger partial charge in [-0.1, -0.05) is 25.4 Å². The van der Waals surface area contributed by atoms with Gasteiger partial charge in [-0.15, -0.1) is 0 Å². The van der Waals surface area contributed by atoms with Gasteiger partial charge in [0.05, 0.1) is 57.9 Å². The first-order chi connectivity index (χ1) is 26.4. The van der Waals surface area contributed by atoms with Crippen molar-refractivity contribution in [3.8, 4) is 23.0 Å². The fraction of sp³-hybridized carbons (Fsp3) is 0.595. The summed E-state index contributed by atoms with van der Waals surface area (Å²) >= 11 is 6.80. The number of nitrogens with zero attached hydrogens (tertiary/aromatic N) is 6. The Balaban J connectivity index is 1.32. The molecule has 4 aliphatic heterocycles. The number of carbonyl (C=O) groups is 2. The highest BCUT2D eigenvalue weighted by molar-refractivity contribution is 6.36. The zero-order valence-corrected chi connectivity index (χ0v) is 32.3.